The molecule has 0 aliphatic heterocycles. The molecule has 0 saturated carbocycles. The molecule has 0 aliphatic rings. The summed E-state index contributed by atoms with van der Waals surface area (Å²) >= 11 is 0. The van der Waals surface area contributed by atoms with Crippen LogP contribution in [0.2, 0.25) is 0 Å². The molecule has 0 aliphatic carbocycles. The second kappa shape index (κ2) is 9.90. The minimum absolute atomic E-state index is 1.22. The SMILES string of the molecule is c1ccc(-c2cccc(-c3ccccc3-c3ccccc3-c3cccc(-c4ccccc4)c3)c2)cc1. The maximum Gasteiger partial charge on any atom is -0.00992 e. The Morgan fingerprint density at radius 3 is 0.917 bits per heavy atom. The van der Waals surface area contributed by atoms with Crippen molar-refractivity contribution in [2.45, 2.75) is 0 Å². The summed E-state index contributed by atoms with van der Waals surface area (Å²) in [6.45, 7) is 0. The summed E-state index contributed by atoms with van der Waals surface area (Å²) in [5, 5.41) is 0. The molecule has 0 N–H and O–H groups in total. The first-order valence-corrected chi connectivity index (χ1v) is 12.4. The van der Waals surface area contributed by atoms with E-state index in [1.54, 1.807) is 0 Å². The van der Waals surface area contributed by atoms with Crippen LogP contribution in [0.25, 0.3) is 55.6 Å². The van der Waals surface area contributed by atoms with E-state index in [0.717, 1.165) is 0 Å². The van der Waals surface area contributed by atoms with Crippen LogP contribution in [0.3, 0.4) is 0 Å². The minimum Gasteiger partial charge on any atom is -0.0622 e. The van der Waals surface area contributed by atoms with Gasteiger partial charge < -0.3 is 0 Å². The standard InChI is InChI=1S/C36H26/c1-3-13-27(14-4-1)29-17-11-19-31(25-29)33-21-7-9-23-35(33)36-24-10-8-22-34(36)32-20-12-18-30(26-32)28-15-5-2-6-16-28/h1-26H. The average molecular weight is 459 g/mol. The van der Waals surface area contributed by atoms with Gasteiger partial charge in [-0.15, -0.1) is 0 Å². The Hall–Kier alpha value is -4.68. The molecule has 36 heavy (non-hydrogen) atoms. The number of hydrogen-bond acceptors (Lipinski definition) is 0. The third-order valence-electron chi connectivity index (χ3n) is 6.71. The quantitative estimate of drug-likeness (QED) is 0.241. The summed E-state index contributed by atoms with van der Waals surface area (Å²) in [6.07, 6.45) is 0. The summed E-state index contributed by atoms with van der Waals surface area (Å²) in [4.78, 5) is 0. The number of hydrogen-bond donors (Lipinski definition) is 0. The maximum atomic E-state index is 2.30. The zero-order valence-electron chi connectivity index (χ0n) is 20.0. The van der Waals surface area contributed by atoms with Gasteiger partial charge in [0, 0.05) is 0 Å². The molecule has 0 saturated heterocycles. The molecule has 0 amide bonds. The minimum atomic E-state index is 1.22. The van der Waals surface area contributed by atoms with Crippen LogP contribution in [-0.2, 0) is 0 Å². The van der Waals surface area contributed by atoms with Crippen LogP contribution < -0.4 is 0 Å². The van der Waals surface area contributed by atoms with Crippen LogP contribution in [0.4, 0.5) is 0 Å². The summed E-state index contributed by atoms with van der Waals surface area (Å²) in [6, 6.07) is 56.3. The van der Waals surface area contributed by atoms with Gasteiger partial charge in [-0.3, -0.25) is 0 Å². The van der Waals surface area contributed by atoms with Gasteiger partial charge >= 0.3 is 0 Å². The van der Waals surface area contributed by atoms with Gasteiger partial charge in [-0.2, -0.15) is 0 Å². The van der Waals surface area contributed by atoms with Crippen LogP contribution in [0.5, 0.6) is 0 Å². The van der Waals surface area contributed by atoms with Crippen LogP contribution in [0.15, 0.2) is 158 Å². The summed E-state index contributed by atoms with van der Waals surface area (Å²) in [5.41, 5.74) is 12.3. The van der Waals surface area contributed by atoms with E-state index < -0.39 is 0 Å². The molecule has 0 bridgehead atoms. The fourth-order valence-corrected chi connectivity index (χ4v) is 4.93. The highest BCUT2D eigenvalue weighted by Crippen LogP contribution is 2.39. The first-order chi connectivity index (χ1) is 17.9. The molecule has 0 unspecified atom stereocenters. The Morgan fingerprint density at radius 2 is 0.500 bits per heavy atom. The van der Waals surface area contributed by atoms with Gasteiger partial charge in [0.2, 0.25) is 0 Å². The lowest BCUT2D eigenvalue weighted by atomic mass is 9.88. The average Bonchev–Trinajstić information content (AvgIpc) is 2.98. The van der Waals surface area contributed by atoms with Gasteiger partial charge in [-0.1, -0.05) is 146 Å². The van der Waals surface area contributed by atoms with Crippen molar-refractivity contribution >= 4 is 0 Å². The van der Waals surface area contributed by atoms with Crippen LogP contribution in [0.1, 0.15) is 0 Å². The zero-order chi connectivity index (χ0) is 24.2. The predicted molar refractivity (Wildman–Crippen MR) is 154 cm³/mol. The Morgan fingerprint density at radius 1 is 0.194 bits per heavy atom. The van der Waals surface area contributed by atoms with E-state index in [2.05, 4.69) is 158 Å². The lowest BCUT2D eigenvalue weighted by molar-refractivity contribution is 1.55. The normalized spacial score (nSPS) is 10.8. The Labute approximate surface area is 213 Å². The zero-order valence-corrected chi connectivity index (χ0v) is 20.0. The van der Waals surface area contributed by atoms with Crippen molar-refractivity contribution in [3.63, 3.8) is 0 Å². The highest BCUT2D eigenvalue weighted by molar-refractivity contribution is 5.93. The number of rotatable bonds is 5. The molecule has 0 spiro atoms. The fourth-order valence-electron chi connectivity index (χ4n) is 4.93. The van der Waals surface area contributed by atoms with Crippen LogP contribution in [-0.4, -0.2) is 0 Å². The smallest absolute Gasteiger partial charge is 0.00992 e. The summed E-state index contributed by atoms with van der Waals surface area (Å²) in [7, 11) is 0. The Kier molecular flexibility index (Phi) is 6.00. The monoisotopic (exact) mass is 458 g/mol. The Bertz CT molecular complexity index is 1490. The van der Waals surface area contributed by atoms with E-state index in [9.17, 15) is 0 Å². The van der Waals surface area contributed by atoms with Gasteiger partial charge in [0.1, 0.15) is 0 Å². The maximum absolute atomic E-state index is 2.30. The molecule has 0 radical (unpaired) electrons. The predicted octanol–water partition coefficient (Wildman–Crippen LogP) is 10.0. The lowest BCUT2D eigenvalue weighted by Gasteiger charge is -2.16. The Balaban J connectivity index is 1.47. The third kappa shape index (κ3) is 4.37. The van der Waals surface area contributed by atoms with Crippen molar-refractivity contribution < 1.29 is 0 Å². The second-order valence-electron chi connectivity index (χ2n) is 8.98. The van der Waals surface area contributed by atoms with Crippen molar-refractivity contribution in [2.75, 3.05) is 0 Å². The molecule has 6 aromatic rings. The molecular weight excluding hydrogens is 432 g/mol. The van der Waals surface area contributed by atoms with Crippen molar-refractivity contribution in [3.05, 3.63) is 158 Å². The molecule has 6 aromatic carbocycles. The molecule has 170 valence electrons. The molecule has 0 aromatic heterocycles. The molecule has 6 rings (SSSR count). The molecule has 0 atom stereocenters. The number of benzene rings is 6. The third-order valence-corrected chi connectivity index (χ3v) is 6.71. The molecule has 0 nitrogen and oxygen atoms in total. The van der Waals surface area contributed by atoms with Gasteiger partial charge in [-0.05, 0) is 67.8 Å². The van der Waals surface area contributed by atoms with Gasteiger partial charge in [-0.25, -0.2) is 0 Å². The van der Waals surface area contributed by atoms with Crippen molar-refractivity contribution in [3.8, 4) is 55.6 Å². The summed E-state index contributed by atoms with van der Waals surface area (Å²) < 4.78 is 0. The van der Waals surface area contributed by atoms with Crippen molar-refractivity contribution in [2.24, 2.45) is 0 Å². The fraction of sp³-hybridized carbons (Fsp3) is 0. The molecule has 0 heterocycles. The van der Waals surface area contributed by atoms with E-state index in [1.807, 2.05) is 0 Å². The van der Waals surface area contributed by atoms with Crippen LogP contribution in [0, 0.1) is 0 Å². The highest BCUT2D eigenvalue weighted by Gasteiger charge is 2.13. The van der Waals surface area contributed by atoms with E-state index in [1.165, 1.54) is 55.6 Å². The first-order valence-electron chi connectivity index (χ1n) is 12.4. The highest BCUT2D eigenvalue weighted by atomic mass is 14.2. The van der Waals surface area contributed by atoms with E-state index in [-0.39, 0.29) is 0 Å². The first kappa shape index (κ1) is 21.8. The van der Waals surface area contributed by atoms with Gasteiger partial charge in [0.05, 0.1) is 0 Å². The molecular formula is C36H26. The lowest BCUT2D eigenvalue weighted by Crippen LogP contribution is -1.90. The second-order valence-corrected chi connectivity index (χ2v) is 8.98. The van der Waals surface area contributed by atoms with E-state index >= 15 is 0 Å². The van der Waals surface area contributed by atoms with Crippen LogP contribution >= 0.6 is 0 Å². The van der Waals surface area contributed by atoms with E-state index in [4.69, 9.17) is 0 Å². The van der Waals surface area contributed by atoms with E-state index in [0.29, 0.717) is 0 Å². The topological polar surface area (TPSA) is 0 Å². The summed E-state index contributed by atoms with van der Waals surface area (Å²) in [5.74, 6) is 0. The molecule has 0 fully saturated rings. The van der Waals surface area contributed by atoms with Gasteiger partial charge in [0.15, 0.2) is 0 Å². The molecule has 0 heteroatoms. The van der Waals surface area contributed by atoms with Crippen molar-refractivity contribution in [1.29, 1.82) is 0 Å². The van der Waals surface area contributed by atoms with Gasteiger partial charge in [0.25, 0.3) is 0 Å². The largest absolute Gasteiger partial charge is 0.0622 e. The van der Waals surface area contributed by atoms with Crippen molar-refractivity contribution in [1.82, 2.24) is 0 Å².